The molecule has 2 atom stereocenters. The van der Waals surface area contributed by atoms with Gasteiger partial charge in [-0.1, -0.05) is 5.16 Å². The van der Waals surface area contributed by atoms with Crippen LogP contribution in [0.4, 0.5) is 0 Å². The fourth-order valence-electron chi connectivity index (χ4n) is 2.76. The number of morpholine rings is 1. The van der Waals surface area contributed by atoms with Crippen LogP contribution in [-0.2, 0) is 16.1 Å². The number of carbonyl (C=O) groups excluding carboxylic acids is 1. The second-order valence-electron chi connectivity index (χ2n) is 5.38. The van der Waals surface area contributed by atoms with Crippen molar-refractivity contribution in [3.8, 4) is 0 Å². The van der Waals surface area contributed by atoms with Crippen LogP contribution in [0.25, 0.3) is 0 Å². The van der Waals surface area contributed by atoms with E-state index in [2.05, 4.69) is 10.1 Å². The van der Waals surface area contributed by atoms with Crippen LogP contribution >= 0.6 is 0 Å². The van der Waals surface area contributed by atoms with Gasteiger partial charge in [0.2, 0.25) is 5.91 Å². The molecule has 2 fully saturated rings. The maximum Gasteiger partial charge on any atom is 0.237 e. The Morgan fingerprint density at radius 2 is 2.37 bits per heavy atom. The van der Waals surface area contributed by atoms with Crippen molar-refractivity contribution in [2.75, 3.05) is 13.2 Å². The molecule has 0 aromatic carbocycles. The van der Waals surface area contributed by atoms with Crippen molar-refractivity contribution in [3.05, 3.63) is 17.5 Å². The van der Waals surface area contributed by atoms with Crippen molar-refractivity contribution in [3.63, 3.8) is 0 Å². The Bertz CT molecular complexity index is 469. The zero-order valence-electron chi connectivity index (χ0n) is 11.0. The van der Waals surface area contributed by atoms with Crippen LogP contribution in [0.1, 0.15) is 37.0 Å². The minimum atomic E-state index is -0.379. The number of primary amides is 1. The Balaban J connectivity index is 1.76. The monoisotopic (exact) mass is 265 g/mol. The highest BCUT2D eigenvalue weighted by Gasteiger charge is 2.36. The quantitative estimate of drug-likeness (QED) is 0.863. The molecule has 3 rings (SSSR count). The third kappa shape index (κ3) is 2.50. The zero-order valence-corrected chi connectivity index (χ0v) is 11.0. The maximum absolute atomic E-state index is 11.6. The van der Waals surface area contributed by atoms with Gasteiger partial charge in [-0.25, -0.2) is 0 Å². The fourth-order valence-corrected chi connectivity index (χ4v) is 2.76. The Kier molecular flexibility index (Phi) is 3.28. The standard InChI is InChI=1S/C13H19N3O3/c1-8-11(13(14)17)16(4-5-18-8)7-10-6-15-19-12(10)9-2-3-9/h6,8-9,11H,2-5,7H2,1H3,(H2,14,17)/t8-,11+/m1/s1. The molecular weight excluding hydrogens is 246 g/mol. The van der Waals surface area contributed by atoms with E-state index in [1.165, 1.54) is 12.8 Å². The number of aromatic nitrogens is 1. The first kappa shape index (κ1) is 12.6. The third-order valence-electron chi connectivity index (χ3n) is 3.89. The molecule has 0 spiro atoms. The summed E-state index contributed by atoms with van der Waals surface area (Å²) >= 11 is 0. The lowest BCUT2D eigenvalue weighted by molar-refractivity contribution is -0.136. The van der Waals surface area contributed by atoms with Crippen molar-refractivity contribution >= 4 is 5.91 Å². The van der Waals surface area contributed by atoms with E-state index < -0.39 is 0 Å². The summed E-state index contributed by atoms with van der Waals surface area (Å²) in [5.41, 5.74) is 6.56. The summed E-state index contributed by atoms with van der Waals surface area (Å²) in [7, 11) is 0. The molecule has 1 saturated heterocycles. The van der Waals surface area contributed by atoms with Crippen LogP contribution in [0, 0.1) is 0 Å². The van der Waals surface area contributed by atoms with Gasteiger partial charge in [-0.15, -0.1) is 0 Å². The Hall–Kier alpha value is -1.40. The number of ether oxygens (including phenoxy) is 1. The molecular formula is C13H19N3O3. The van der Waals surface area contributed by atoms with Crippen LogP contribution in [0.15, 0.2) is 10.7 Å². The molecule has 0 unspecified atom stereocenters. The minimum Gasteiger partial charge on any atom is -0.375 e. The first-order valence-electron chi connectivity index (χ1n) is 6.75. The molecule has 104 valence electrons. The topological polar surface area (TPSA) is 81.6 Å². The summed E-state index contributed by atoms with van der Waals surface area (Å²) in [6.45, 7) is 3.86. The van der Waals surface area contributed by atoms with Crippen LogP contribution < -0.4 is 5.73 Å². The van der Waals surface area contributed by atoms with Gasteiger partial charge in [0.05, 0.1) is 18.9 Å². The first-order valence-corrected chi connectivity index (χ1v) is 6.75. The maximum atomic E-state index is 11.6. The molecule has 1 aliphatic heterocycles. The van der Waals surface area contributed by atoms with Gasteiger partial charge in [-0.3, -0.25) is 9.69 Å². The van der Waals surface area contributed by atoms with Crippen LogP contribution in [0.3, 0.4) is 0 Å². The molecule has 0 bridgehead atoms. The molecule has 1 aromatic heterocycles. The van der Waals surface area contributed by atoms with E-state index >= 15 is 0 Å². The summed E-state index contributed by atoms with van der Waals surface area (Å²) in [5.74, 6) is 1.15. The Morgan fingerprint density at radius 1 is 1.58 bits per heavy atom. The summed E-state index contributed by atoms with van der Waals surface area (Å²) in [6, 6.07) is -0.379. The third-order valence-corrected chi connectivity index (χ3v) is 3.89. The highest BCUT2D eigenvalue weighted by Crippen LogP contribution is 2.42. The van der Waals surface area contributed by atoms with Gasteiger partial charge in [0.25, 0.3) is 0 Å². The van der Waals surface area contributed by atoms with Crippen molar-refractivity contribution in [1.82, 2.24) is 10.1 Å². The average molecular weight is 265 g/mol. The summed E-state index contributed by atoms with van der Waals surface area (Å²) in [6.07, 6.45) is 3.92. The van der Waals surface area contributed by atoms with Crippen molar-refractivity contribution in [2.24, 2.45) is 5.73 Å². The highest BCUT2D eigenvalue weighted by atomic mass is 16.5. The number of hydrogen-bond acceptors (Lipinski definition) is 5. The van der Waals surface area contributed by atoms with Gasteiger partial charge in [0, 0.05) is 24.6 Å². The number of nitrogens with zero attached hydrogens (tertiary/aromatic N) is 2. The number of rotatable bonds is 4. The van der Waals surface area contributed by atoms with Crippen molar-refractivity contribution < 1.29 is 14.1 Å². The van der Waals surface area contributed by atoms with Gasteiger partial charge in [0.1, 0.15) is 11.8 Å². The zero-order chi connectivity index (χ0) is 13.4. The number of hydrogen-bond donors (Lipinski definition) is 1. The summed E-state index contributed by atoms with van der Waals surface area (Å²) in [4.78, 5) is 13.7. The molecule has 6 heteroatoms. The van der Waals surface area contributed by atoms with Crippen molar-refractivity contribution in [1.29, 1.82) is 0 Å². The molecule has 1 amide bonds. The van der Waals surface area contributed by atoms with Crippen molar-refractivity contribution in [2.45, 2.75) is 44.4 Å². The molecule has 0 radical (unpaired) electrons. The molecule has 19 heavy (non-hydrogen) atoms. The highest BCUT2D eigenvalue weighted by molar-refractivity contribution is 5.80. The smallest absolute Gasteiger partial charge is 0.237 e. The van der Waals surface area contributed by atoms with Crippen LogP contribution in [-0.4, -0.2) is 41.3 Å². The van der Waals surface area contributed by atoms with E-state index in [1.54, 1.807) is 6.20 Å². The predicted molar refractivity (Wildman–Crippen MR) is 67.3 cm³/mol. The molecule has 1 saturated carbocycles. The molecule has 2 aliphatic rings. The van der Waals surface area contributed by atoms with E-state index in [4.69, 9.17) is 15.0 Å². The summed E-state index contributed by atoms with van der Waals surface area (Å²) < 4.78 is 10.8. The van der Waals surface area contributed by atoms with Gasteiger partial charge < -0.3 is 15.0 Å². The number of carbonyl (C=O) groups is 1. The lowest BCUT2D eigenvalue weighted by atomic mass is 10.1. The molecule has 1 aromatic rings. The fraction of sp³-hybridized carbons (Fsp3) is 0.692. The van der Waals surface area contributed by atoms with Gasteiger partial charge in [-0.05, 0) is 19.8 Å². The Morgan fingerprint density at radius 3 is 3.05 bits per heavy atom. The minimum absolute atomic E-state index is 0.171. The van der Waals surface area contributed by atoms with Gasteiger partial charge >= 0.3 is 0 Å². The summed E-state index contributed by atoms with van der Waals surface area (Å²) in [5, 5.41) is 3.89. The first-order chi connectivity index (χ1) is 9.16. The second kappa shape index (κ2) is 4.94. The second-order valence-corrected chi connectivity index (χ2v) is 5.38. The normalized spacial score (nSPS) is 28.5. The van der Waals surface area contributed by atoms with E-state index in [0.29, 0.717) is 25.6 Å². The van der Waals surface area contributed by atoms with Gasteiger partial charge in [-0.2, -0.15) is 0 Å². The van der Waals surface area contributed by atoms with Crippen LogP contribution in [0.2, 0.25) is 0 Å². The van der Waals surface area contributed by atoms with E-state index in [-0.39, 0.29) is 18.1 Å². The SMILES string of the molecule is C[C@H]1OCCN(Cc2cnoc2C2CC2)[C@@H]1C(N)=O. The van der Waals surface area contributed by atoms with E-state index in [9.17, 15) is 4.79 Å². The largest absolute Gasteiger partial charge is 0.375 e. The molecule has 2 N–H and O–H groups in total. The Labute approximate surface area is 111 Å². The lowest BCUT2D eigenvalue weighted by Crippen LogP contribution is -2.56. The average Bonchev–Trinajstić information content (AvgIpc) is 3.10. The number of amides is 1. The predicted octanol–water partition coefficient (Wildman–Crippen LogP) is 0.627. The molecule has 2 heterocycles. The van der Waals surface area contributed by atoms with E-state index in [1.807, 2.05) is 6.92 Å². The number of nitrogens with two attached hydrogens (primary N) is 1. The van der Waals surface area contributed by atoms with E-state index in [0.717, 1.165) is 11.3 Å². The van der Waals surface area contributed by atoms with Gasteiger partial charge in [0.15, 0.2) is 0 Å². The lowest BCUT2D eigenvalue weighted by Gasteiger charge is -2.37. The molecule has 6 nitrogen and oxygen atoms in total. The molecule has 1 aliphatic carbocycles. The van der Waals surface area contributed by atoms with Crippen LogP contribution in [0.5, 0.6) is 0 Å².